The number of aromatic nitrogens is 4. The van der Waals surface area contributed by atoms with Crippen molar-refractivity contribution in [2.24, 2.45) is 7.05 Å². The van der Waals surface area contributed by atoms with Gasteiger partial charge in [0.25, 0.3) is 5.56 Å². The summed E-state index contributed by atoms with van der Waals surface area (Å²) in [6.07, 6.45) is 0. The van der Waals surface area contributed by atoms with Crippen LogP contribution in [0.15, 0.2) is 21.7 Å². The molecule has 0 saturated carbocycles. The van der Waals surface area contributed by atoms with E-state index in [1.165, 1.54) is 7.05 Å². The molecule has 0 aliphatic carbocycles. The van der Waals surface area contributed by atoms with Gasteiger partial charge in [0.05, 0.1) is 17.6 Å². The highest BCUT2D eigenvalue weighted by atomic mass is 16.3. The van der Waals surface area contributed by atoms with Gasteiger partial charge >= 0.3 is 5.69 Å². The van der Waals surface area contributed by atoms with Crippen molar-refractivity contribution in [3.63, 3.8) is 0 Å². The molecule has 7 heteroatoms. The fourth-order valence-electron chi connectivity index (χ4n) is 2.50. The topological polar surface area (TPSA) is 90.0 Å². The monoisotopic (exact) mass is 300 g/mol. The number of rotatable bonds is 2. The lowest BCUT2D eigenvalue weighted by Crippen LogP contribution is -2.36. The highest BCUT2D eigenvalue weighted by Crippen LogP contribution is 2.23. The second-order valence-electron chi connectivity index (χ2n) is 5.34. The molecule has 2 aliphatic heterocycles. The third kappa shape index (κ3) is 2.01. The van der Waals surface area contributed by atoms with Gasteiger partial charge in [-0.2, -0.15) is 4.98 Å². The lowest BCUT2D eigenvalue weighted by molar-refractivity contribution is 0.278. The normalized spacial score (nSPS) is 11.5. The maximum Gasteiger partial charge on any atom is 0.352 e. The van der Waals surface area contributed by atoms with Crippen molar-refractivity contribution in [2.75, 3.05) is 6.61 Å². The van der Waals surface area contributed by atoms with E-state index in [4.69, 9.17) is 0 Å². The first-order valence-corrected chi connectivity index (χ1v) is 6.93. The van der Waals surface area contributed by atoms with E-state index >= 15 is 0 Å². The van der Waals surface area contributed by atoms with E-state index in [9.17, 15) is 14.7 Å². The number of hydrogen-bond donors (Lipinski definition) is 1. The molecule has 1 N–H and O–H groups in total. The van der Waals surface area contributed by atoms with Gasteiger partial charge in [-0.05, 0) is 37.1 Å². The third-order valence-corrected chi connectivity index (χ3v) is 3.90. The van der Waals surface area contributed by atoms with Gasteiger partial charge in [0.15, 0.2) is 11.5 Å². The standard InChI is InChI=1S/C15H16N4O3/c1-8-6-10-11(7-9(8)2)19(4-5-20)13-12(16-10)14(21)18(3)15(22)17-13/h6-7,20H,4-5H2,1-3H3. The van der Waals surface area contributed by atoms with Crippen LogP contribution in [0.3, 0.4) is 0 Å². The van der Waals surface area contributed by atoms with Crippen molar-refractivity contribution in [1.82, 2.24) is 19.1 Å². The van der Waals surface area contributed by atoms with Gasteiger partial charge in [-0.3, -0.25) is 9.36 Å². The van der Waals surface area contributed by atoms with E-state index in [2.05, 4.69) is 9.97 Å². The number of aryl methyl sites for hydroxylation is 2. The highest BCUT2D eigenvalue weighted by molar-refractivity contribution is 5.81. The first kappa shape index (κ1) is 14.4. The Balaban J connectivity index is 2.58. The number of hydrogen-bond acceptors (Lipinski definition) is 5. The molecule has 114 valence electrons. The number of fused-ring (bicyclic) bond motifs is 2. The van der Waals surface area contributed by atoms with Crippen LogP contribution in [-0.2, 0) is 13.6 Å². The quantitative estimate of drug-likeness (QED) is 0.683. The van der Waals surface area contributed by atoms with E-state index < -0.39 is 11.2 Å². The van der Waals surface area contributed by atoms with E-state index in [0.29, 0.717) is 5.52 Å². The van der Waals surface area contributed by atoms with Crippen LogP contribution in [0.2, 0.25) is 0 Å². The summed E-state index contributed by atoms with van der Waals surface area (Å²) in [4.78, 5) is 32.4. The van der Waals surface area contributed by atoms with Crippen molar-refractivity contribution in [2.45, 2.75) is 20.4 Å². The molecule has 0 radical (unpaired) electrons. The smallest absolute Gasteiger partial charge is 0.352 e. The Kier molecular flexibility index (Phi) is 3.29. The number of nitrogens with zero attached hydrogens (tertiary/aromatic N) is 4. The van der Waals surface area contributed by atoms with Crippen molar-refractivity contribution in [3.8, 4) is 11.5 Å². The van der Waals surface area contributed by atoms with Crippen molar-refractivity contribution < 1.29 is 5.11 Å². The number of aliphatic hydroxyl groups is 1. The molecule has 22 heavy (non-hydrogen) atoms. The van der Waals surface area contributed by atoms with Crippen LogP contribution < -0.4 is 11.2 Å². The van der Waals surface area contributed by atoms with E-state index in [-0.39, 0.29) is 24.7 Å². The molecule has 0 saturated heterocycles. The summed E-state index contributed by atoms with van der Waals surface area (Å²) in [6, 6.07) is 3.82. The minimum Gasteiger partial charge on any atom is -0.395 e. The average molecular weight is 300 g/mol. The Morgan fingerprint density at radius 2 is 1.82 bits per heavy atom. The second kappa shape index (κ2) is 5.03. The van der Waals surface area contributed by atoms with E-state index in [1.54, 1.807) is 4.57 Å². The largest absolute Gasteiger partial charge is 0.395 e. The van der Waals surface area contributed by atoms with Gasteiger partial charge in [-0.15, -0.1) is 0 Å². The molecule has 1 aromatic carbocycles. The predicted molar refractivity (Wildman–Crippen MR) is 82.2 cm³/mol. The van der Waals surface area contributed by atoms with Crippen LogP contribution in [0, 0.1) is 13.8 Å². The zero-order chi connectivity index (χ0) is 16.0. The third-order valence-electron chi connectivity index (χ3n) is 3.90. The zero-order valence-corrected chi connectivity index (χ0v) is 12.6. The molecule has 0 fully saturated rings. The maximum atomic E-state index is 12.3. The summed E-state index contributed by atoms with van der Waals surface area (Å²) in [5.41, 5.74) is 2.51. The van der Waals surface area contributed by atoms with Crippen LogP contribution in [0.25, 0.3) is 22.6 Å². The molecule has 0 spiro atoms. The maximum absolute atomic E-state index is 12.3. The van der Waals surface area contributed by atoms with Gasteiger partial charge in [0, 0.05) is 13.6 Å². The van der Waals surface area contributed by atoms with Crippen LogP contribution in [0.5, 0.6) is 0 Å². The first-order valence-electron chi connectivity index (χ1n) is 6.93. The molecule has 0 aromatic heterocycles. The summed E-state index contributed by atoms with van der Waals surface area (Å²) >= 11 is 0. The van der Waals surface area contributed by atoms with Crippen LogP contribution in [-0.4, -0.2) is 30.8 Å². The van der Waals surface area contributed by atoms with Crippen LogP contribution in [0.4, 0.5) is 0 Å². The van der Waals surface area contributed by atoms with Gasteiger partial charge in [-0.1, -0.05) is 0 Å². The van der Waals surface area contributed by atoms with Crippen LogP contribution in [0.1, 0.15) is 11.1 Å². The summed E-state index contributed by atoms with van der Waals surface area (Å²) in [6.45, 7) is 4.04. The molecule has 7 nitrogen and oxygen atoms in total. The van der Waals surface area contributed by atoms with E-state index in [0.717, 1.165) is 21.2 Å². The molecule has 0 unspecified atom stereocenters. The van der Waals surface area contributed by atoms with Gasteiger partial charge in [0.2, 0.25) is 0 Å². The SMILES string of the molecule is Cc1cc2nc3c(=O)n(C)c(=O)nc-3n(CCO)c2cc1C. The Morgan fingerprint density at radius 3 is 2.50 bits per heavy atom. The lowest BCUT2D eigenvalue weighted by atomic mass is 10.1. The van der Waals surface area contributed by atoms with Gasteiger partial charge < -0.3 is 9.67 Å². The Bertz CT molecular complexity index is 971. The minimum atomic E-state index is -0.630. The molecule has 2 heterocycles. The van der Waals surface area contributed by atoms with Gasteiger partial charge in [-0.25, -0.2) is 9.78 Å². The van der Waals surface area contributed by atoms with E-state index in [1.807, 2.05) is 26.0 Å². The molecule has 3 rings (SSSR count). The second-order valence-corrected chi connectivity index (χ2v) is 5.34. The number of benzene rings is 1. The summed E-state index contributed by atoms with van der Waals surface area (Å²) in [5, 5.41) is 9.33. The summed E-state index contributed by atoms with van der Waals surface area (Å²) in [5.74, 6) is 0.206. The summed E-state index contributed by atoms with van der Waals surface area (Å²) in [7, 11) is 1.37. The van der Waals surface area contributed by atoms with Gasteiger partial charge in [0.1, 0.15) is 0 Å². The first-order chi connectivity index (χ1) is 10.4. The van der Waals surface area contributed by atoms with Crippen molar-refractivity contribution in [1.29, 1.82) is 0 Å². The molecule has 0 bridgehead atoms. The Labute approximate surface area is 125 Å². The predicted octanol–water partition coefficient (Wildman–Crippen LogP) is 0.204. The average Bonchev–Trinajstić information content (AvgIpc) is 2.48. The highest BCUT2D eigenvalue weighted by Gasteiger charge is 2.20. The summed E-state index contributed by atoms with van der Waals surface area (Å²) < 4.78 is 2.61. The molecular formula is C15H16N4O3. The Morgan fingerprint density at radius 1 is 1.14 bits per heavy atom. The fraction of sp³-hybridized carbons (Fsp3) is 0.333. The van der Waals surface area contributed by atoms with Crippen molar-refractivity contribution in [3.05, 3.63) is 44.1 Å². The molecular weight excluding hydrogens is 284 g/mol. The fourth-order valence-corrected chi connectivity index (χ4v) is 2.50. The molecule has 0 atom stereocenters. The molecule has 1 aromatic rings. The van der Waals surface area contributed by atoms with Crippen LogP contribution >= 0.6 is 0 Å². The molecule has 0 amide bonds. The minimum absolute atomic E-state index is 0.128. The number of aliphatic hydroxyl groups excluding tert-OH is 1. The lowest BCUT2D eigenvalue weighted by Gasteiger charge is -2.17. The molecule has 2 aliphatic rings. The Hall–Kier alpha value is -2.54. The van der Waals surface area contributed by atoms with Crippen molar-refractivity contribution >= 4 is 11.0 Å². The zero-order valence-electron chi connectivity index (χ0n) is 12.6.